The van der Waals surface area contributed by atoms with Crippen LogP contribution in [0.2, 0.25) is 0 Å². The third kappa shape index (κ3) is 1.91. The van der Waals surface area contributed by atoms with Crippen LogP contribution in [0.5, 0.6) is 0 Å². The van der Waals surface area contributed by atoms with Crippen LogP contribution in [0.3, 0.4) is 0 Å². The highest BCUT2D eigenvalue weighted by molar-refractivity contribution is 7.98. The van der Waals surface area contributed by atoms with Crippen LogP contribution < -0.4 is 5.56 Å². The van der Waals surface area contributed by atoms with Crippen molar-refractivity contribution in [3.05, 3.63) is 57.3 Å². The van der Waals surface area contributed by atoms with Gasteiger partial charge in [0.1, 0.15) is 5.82 Å². The molecule has 3 nitrogen and oxygen atoms in total. The lowest BCUT2D eigenvalue weighted by atomic mass is 10.2. The third-order valence-corrected chi connectivity index (χ3v) is 3.87. The van der Waals surface area contributed by atoms with Crippen molar-refractivity contribution in [1.29, 1.82) is 0 Å². The first-order valence-electron chi connectivity index (χ1n) is 5.37. The van der Waals surface area contributed by atoms with Crippen molar-refractivity contribution in [2.45, 2.75) is 18.1 Å². The SMILES string of the molecule is O=c1c2c([nH]n1Cc1ccc(F)cc1)CSC2. The van der Waals surface area contributed by atoms with Gasteiger partial charge in [-0.15, -0.1) is 0 Å². The molecule has 5 heteroatoms. The Kier molecular flexibility index (Phi) is 2.55. The highest BCUT2D eigenvalue weighted by atomic mass is 32.2. The number of H-pyrrole nitrogens is 1. The van der Waals surface area contributed by atoms with Gasteiger partial charge in [0, 0.05) is 11.5 Å². The molecule has 2 aromatic rings. The number of hydrogen-bond donors (Lipinski definition) is 1. The van der Waals surface area contributed by atoms with Gasteiger partial charge in [0.2, 0.25) is 0 Å². The van der Waals surface area contributed by atoms with Crippen LogP contribution in [0, 0.1) is 5.82 Å². The quantitative estimate of drug-likeness (QED) is 0.886. The Morgan fingerprint density at radius 3 is 2.76 bits per heavy atom. The fourth-order valence-electron chi connectivity index (χ4n) is 1.98. The van der Waals surface area contributed by atoms with E-state index >= 15 is 0 Å². The van der Waals surface area contributed by atoms with E-state index in [2.05, 4.69) is 5.10 Å². The van der Waals surface area contributed by atoms with Crippen LogP contribution in [0.4, 0.5) is 4.39 Å². The lowest BCUT2D eigenvalue weighted by molar-refractivity contribution is 0.622. The molecule has 2 heterocycles. The zero-order valence-electron chi connectivity index (χ0n) is 9.07. The maximum atomic E-state index is 12.8. The highest BCUT2D eigenvalue weighted by Crippen LogP contribution is 2.25. The summed E-state index contributed by atoms with van der Waals surface area (Å²) in [6.07, 6.45) is 0. The monoisotopic (exact) mass is 250 g/mol. The smallest absolute Gasteiger partial charge is 0.271 e. The third-order valence-electron chi connectivity index (χ3n) is 2.88. The van der Waals surface area contributed by atoms with Crippen LogP contribution in [-0.2, 0) is 18.1 Å². The molecule has 3 rings (SSSR count). The number of fused-ring (bicyclic) bond motifs is 1. The molecule has 0 aliphatic carbocycles. The van der Waals surface area contributed by atoms with Gasteiger partial charge < -0.3 is 0 Å². The van der Waals surface area contributed by atoms with Gasteiger partial charge in [-0.05, 0) is 17.7 Å². The summed E-state index contributed by atoms with van der Waals surface area (Å²) in [7, 11) is 0. The summed E-state index contributed by atoms with van der Waals surface area (Å²) < 4.78 is 14.4. The molecule has 0 fully saturated rings. The number of halogens is 1. The van der Waals surface area contributed by atoms with Crippen molar-refractivity contribution in [1.82, 2.24) is 9.78 Å². The summed E-state index contributed by atoms with van der Waals surface area (Å²) in [5, 5.41) is 3.11. The average molecular weight is 250 g/mol. The minimum atomic E-state index is -0.258. The number of nitrogens with zero attached hydrogens (tertiary/aromatic N) is 1. The van der Waals surface area contributed by atoms with E-state index in [0.29, 0.717) is 6.54 Å². The fraction of sp³-hybridized carbons (Fsp3) is 0.250. The number of nitrogens with one attached hydrogen (secondary N) is 1. The molecule has 1 aliphatic heterocycles. The first-order valence-corrected chi connectivity index (χ1v) is 6.52. The number of aromatic nitrogens is 2. The largest absolute Gasteiger partial charge is 0.298 e. The van der Waals surface area contributed by atoms with E-state index in [1.54, 1.807) is 28.6 Å². The summed E-state index contributed by atoms with van der Waals surface area (Å²) in [5.41, 5.74) is 2.88. The van der Waals surface area contributed by atoms with E-state index in [9.17, 15) is 9.18 Å². The number of hydrogen-bond acceptors (Lipinski definition) is 2. The molecule has 1 N–H and O–H groups in total. The van der Waals surface area contributed by atoms with Crippen molar-refractivity contribution in [3.63, 3.8) is 0 Å². The van der Waals surface area contributed by atoms with Gasteiger partial charge in [-0.1, -0.05) is 12.1 Å². The summed E-state index contributed by atoms with van der Waals surface area (Å²) in [6.45, 7) is 0.469. The normalized spacial score (nSPS) is 13.9. The minimum absolute atomic E-state index is 0.0503. The second-order valence-corrected chi connectivity index (χ2v) is 5.07. The van der Waals surface area contributed by atoms with Gasteiger partial charge in [-0.3, -0.25) is 9.89 Å². The van der Waals surface area contributed by atoms with Gasteiger partial charge in [0.25, 0.3) is 5.56 Å². The van der Waals surface area contributed by atoms with Crippen molar-refractivity contribution >= 4 is 11.8 Å². The molecule has 0 unspecified atom stereocenters. The summed E-state index contributed by atoms with van der Waals surface area (Å²) in [5.74, 6) is 1.41. The van der Waals surface area contributed by atoms with E-state index in [1.165, 1.54) is 12.1 Å². The van der Waals surface area contributed by atoms with Gasteiger partial charge in [0.15, 0.2) is 0 Å². The van der Waals surface area contributed by atoms with E-state index in [1.807, 2.05) is 0 Å². The van der Waals surface area contributed by atoms with Crippen LogP contribution in [0.15, 0.2) is 29.1 Å². The second-order valence-electron chi connectivity index (χ2n) is 4.08. The molecule has 88 valence electrons. The summed E-state index contributed by atoms with van der Waals surface area (Å²) in [6, 6.07) is 6.21. The predicted molar refractivity (Wildman–Crippen MR) is 65.6 cm³/mol. The molecule has 17 heavy (non-hydrogen) atoms. The average Bonchev–Trinajstić information content (AvgIpc) is 2.87. The van der Waals surface area contributed by atoms with Crippen LogP contribution in [0.1, 0.15) is 16.8 Å². The molecule has 0 radical (unpaired) electrons. The zero-order valence-corrected chi connectivity index (χ0v) is 9.89. The Bertz CT molecular complexity index is 600. The van der Waals surface area contributed by atoms with E-state index in [0.717, 1.165) is 28.3 Å². The Labute approximate surface area is 102 Å². The van der Waals surface area contributed by atoms with Gasteiger partial charge >= 0.3 is 0 Å². The molecule has 1 aliphatic rings. The number of thioether (sulfide) groups is 1. The fourth-order valence-corrected chi connectivity index (χ4v) is 3.03. The Balaban J connectivity index is 1.91. The topological polar surface area (TPSA) is 37.8 Å². The van der Waals surface area contributed by atoms with Crippen LogP contribution >= 0.6 is 11.8 Å². The van der Waals surface area contributed by atoms with Gasteiger partial charge in [-0.2, -0.15) is 11.8 Å². The van der Waals surface area contributed by atoms with E-state index < -0.39 is 0 Å². The number of aromatic amines is 1. The molecule has 1 aromatic carbocycles. The molecule has 0 bridgehead atoms. The Morgan fingerprint density at radius 1 is 1.29 bits per heavy atom. The second kappa shape index (κ2) is 4.07. The van der Waals surface area contributed by atoms with Gasteiger partial charge in [0.05, 0.1) is 17.8 Å². The first kappa shape index (κ1) is 10.7. The maximum absolute atomic E-state index is 12.8. The molecule has 0 amide bonds. The minimum Gasteiger partial charge on any atom is -0.298 e. The van der Waals surface area contributed by atoms with Crippen molar-refractivity contribution < 1.29 is 4.39 Å². The first-order chi connectivity index (χ1) is 8.24. The molecule has 0 saturated carbocycles. The molecule has 1 aromatic heterocycles. The van der Waals surface area contributed by atoms with Crippen molar-refractivity contribution in [3.8, 4) is 0 Å². The zero-order chi connectivity index (χ0) is 11.8. The van der Waals surface area contributed by atoms with E-state index in [4.69, 9.17) is 0 Å². The molecule has 0 spiro atoms. The lowest BCUT2D eigenvalue weighted by Gasteiger charge is -2.02. The molecule has 0 atom stereocenters. The Hall–Kier alpha value is -1.49. The predicted octanol–water partition coefficient (Wildman–Crippen LogP) is 2.11. The van der Waals surface area contributed by atoms with Crippen molar-refractivity contribution in [2.75, 3.05) is 0 Å². The van der Waals surface area contributed by atoms with Crippen LogP contribution in [0.25, 0.3) is 0 Å². The summed E-state index contributed by atoms with van der Waals surface area (Å²) >= 11 is 1.75. The van der Waals surface area contributed by atoms with E-state index in [-0.39, 0.29) is 11.4 Å². The van der Waals surface area contributed by atoms with Gasteiger partial charge in [-0.25, -0.2) is 9.07 Å². The maximum Gasteiger partial charge on any atom is 0.271 e. The number of benzene rings is 1. The summed E-state index contributed by atoms with van der Waals surface area (Å²) in [4.78, 5) is 12.0. The standard InChI is InChI=1S/C12H11FN2OS/c13-9-3-1-8(2-4-9)5-15-12(16)10-6-17-7-11(10)14-15/h1-4,14H,5-7H2. The molecule has 0 saturated heterocycles. The Morgan fingerprint density at radius 2 is 2.06 bits per heavy atom. The van der Waals surface area contributed by atoms with Crippen molar-refractivity contribution in [2.24, 2.45) is 0 Å². The molecular weight excluding hydrogens is 239 g/mol. The molecular formula is C12H11FN2OS. The van der Waals surface area contributed by atoms with Crippen LogP contribution in [-0.4, -0.2) is 9.78 Å². The lowest BCUT2D eigenvalue weighted by Crippen LogP contribution is -2.19. The number of rotatable bonds is 2. The highest BCUT2D eigenvalue weighted by Gasteiger charge is 2.19.